The Hall–Kier alpha value is -3.73. The number of anilines is 1. The monoisotopic (exact) mass is 398 g/mol. The minimum absolute atomic E-state index is 0.0311. The Balaban J connectivity index is 1.61. The summed E-state index contributed by atoms with van der Waals surface area (Å²) in [6.07, 6.45) is 0.451. The molecule has 1 aliphatic heterocycles. The lowest BCUT2D eigenvalue weighted by molar-refractivity contribution is -0.121. The van der Waals surface area contributed by atoms with Crippen LogP contribution in [0.25, 0.3) is 0 Å². The Bertz CT molecular complexity index is 1090. The molecule has 0 fully saturated rings. The Kier molecular flexibility index (Phi) is 5.44. The van der Waals surface area contributed by atoms with Crippen molar-refractivity contribution in [2.45, 2.75) is 25.9 Å². The van der Waals surface area contributed by atoms with Gasteiger partial charge < -0.3 is 10.2 Å². The van der Waals surface area contributed by atoms with Crippen molar-refractivity contribution in [3.63, 3.8) is 0 Å². The van der Waals surface area contributed by atoms with E-state index >= 15 is 0 Å². The highest BCUT2D eigenvalue weighted by atomic mass is 16.2. The number of Topliss-reactive ketones (excluding diaryl/α,β-unsaturated/α-hetero) is 1. The van der Waals surface area contributed by atoms with Crippen molar-refractivity contribution >= 4 is 23.3 Å². The maximum Gasteiger partial charge on any atom is 0.254 e. The van der Waals surface area contributed by atoms with Crippen molar-refractivity contribution < 1.29 is 14.4 Å². The second-order valence-corrected chi connectivity index (χ2v) is 7.41. The first-order chi connectivity index (χ1) is 14.5. The summed E-state index contributed by atoms with van der Waals surface area (Å²) in [7, 11) is 0. The van der Waals surface area contributed by atoms with Crippen LogP contribution in [0.15, 0.2) is 78.9 Å². The van der Waals surface area contributed by atoms with E-state index < -0.39 is 6.04 Å². The van der Waals surface area contributed by atoms with E-state index in [-0.39, 0.29) is 17.6 Å². The Labute approximate surface area is 175 Å². The molecule has 0 unspecified atom stereocenters. The molecule has 30 heavy (non-hydrogen) atoms. The molecule has 4 rings (SSSR count). The minimum atomic E-state index is -0.625. The average Bonchev–Trinajstić information content (AvgIpc) is 2.78. The number of benzene rings is 3. The number of fused-ring (bicyclic) bond motifs is 1. The molecule has 0 spiro atoms. The summed E-state index contributed by atoms with van der Waals surface area (Å²) in [5, 5.41) is 2.90. The maximum absolute atomic E-state index is 13.2. The zero-order valence-electron chi connectivity index (χ0n) is 16.7. The maximum atomic E-state index is 13.2. The van der Waals surface area contributed by atoms with Crippen molar-refractivity contribution in [3.8, 4) is 0 Å². The number of amides is 2. The summed E-state index contributed by atoms with van der Waals surface area (Å²) >= 11 is 0. The van der Waals surface area contributed by atoms with Crippen LogP contribution in [0.5, 0.6) is 0 Å². The molecule has 0 aliphatic carbocycles. The number of carbonyl (C=O) groups is 3. The van der Waals surface area contributed by atoms with Gasteiger partial charge in [0.15, 0.2) is 5.78 Å². The molecule has 1 N–H and O–H groups in total. The van der Waals surface area contributed by atoms with Crippen LogP contribution in [0.2, 0.25) is 0 Å². The second kappa shape index (κ2) is 8.33. The van der Waals surface area contributed by atoms with Crippen molar-refractivity contribution in [1.82, 2.24) is 4.90 Å². The molecule has 1 heterocycles. The number of hydrogen-bond donors (Lipinski definition) is 1. The van der Waals surface area contributed by atoms with Crippen LogP contribution in [-0.4, -0.2) is 28.5 Å². The summed E-state index contributed by atoms with van der Waals surface area (Å²) in [5.74, 6) is -0.446. The highest BCUT2D eigenvalue weighted by molar-refractivity contribution is 6.02. The lowest BCUT2D eigenvalue weighted by Gasteiger charge is -2.36. The third-order valence-electron chi connectivity index (χ3n) is 5.39. The third kappa shape index (κ3) is 4.01. The van der Waals surface area contributed by atoms with Gasteiger partial charge in [0.2, 0.25) is 5.91 Å². The topological polar surface area (TPSA) is 66.5 Å². The van der Waals surface area contributed by atoms with E-state index in [1.54, 1.807) is 41.3 Å². The fourth-order valence-electron chi connectivity index (χ4n) is 3.73. The molecule has 0 aromatic heterocycles. The first-order valence-corrected chi connectivity index (χ1v) is 9.87. The van der Waals surface area contributed by atoms with Gasteiger partial charge in [0, 0.05) is 29.8 Å². The van der Waals surface area contributed by atoms with Crippen LogP contribution in [0.4, 0.5) is 5.69 Å². The zero-order valence-corrected chi connectivity index (χ0v) is 16.7. The largest absolute Gasteiger partial charge is 0.324 e. The zero-order chi connectivity index (χ0) is 21.1. The average molecular weight is 398 g/mol. The molecule has 0 radical (unpaired) electrons. The van der Waals surface area contributed by atoms with E-state index in [4.69, 9.17) is 0 Å². The van der Waals surface area contributed by atoms with Crippen molar-refractivity contribution in [3.05, 3.63) is 101 Å². The fourth-order valence-corrected chi connectivity index (χ4v) is 3.73. The van der Waals surface area contributed by atoms with Crippen LogP contribution in [0, 0.1) is 0 Å². The molecular formula is C25H22N2O3. The summed E-state index contributed by atoms with van der Waals surface area (Å²) in [4.78, 5) is 39.5. The van der Waals surface area contributed by atoms with Gasteiger partial charge in [-0.1, -0.05) is 42.5 Å². The van der Waals surface area contributed by atoms with Crippen molar-refractivity contribution in [2.75, 3.05) is 5.32 Å². The van der Waals surface area contributed by atoms with E-state index in [1.807, 2.05) is 42.5 Å². The van der Waals surface area contributed by atoms with Gasteiger partial charge in [-0.2, -0.15) is 0 Å². The van der Waals surface area contributed by atoms with Crippen LogP contribution < -0.4 is 5.32 Å². The number of nitrogens with one attached hydrogen (secondary N) is 1. The highest BCUT2D eigenvalue weighted by Gasteiger charge is 2.35. The quantitative estimate of drug-likeness (QED) is 0.673. The number of nitrogens with zero attached hydrogens (tertiary/aromatic N) is 1. The number of hydrogen-bond acceptors (Lipinski definition) is 3. The molecule has 5 nitrogen and oxygen atoms in total. The molecule has 0 bridgehead atoms. The van der Waals surface area contributed by atoms with E-state index in [9.17, 15) is 14.4 Å². The van der Waals surface area contributed by atoms with E-state index in [0.29, 0.717) is 29.8 Å². The predicted molar refractivity (Wildman–Crippen MR) is 115 cm³/mol. The first-order valence-electron chi connectivity index (χ1n) is 9.87. The number of ketones is 1. The SMILES string of the molecule is CC(=O)c1ccc(NC(=O)[C@@H]2Cc3ccccc3CN2C(=O)c2ccccc2)cc1. The minimum Gasteiger partial charge on any atom is -0.324 e. The molecule has 3 aromatic rings. The van der Waals surface area contributed by atoms with E-state index in [0.717, 1.165) is 11.1 Å². The summed E-state index contributed by atoms with van der Waals surface area (Å²) in [6.45, 7) is 1.88. The third-order valence-corrected chi connectivity index (χ3v) is 5.39. The van der Waals surface area contributed by atoms with Gasteiger partial charge in [-0.3, -0.25) is 14.4 Å². The van der Waals surface area contributed by atoms with E-state index in [2.05, 4.69) is 5.32 Å². The summed E-state index contributed by atoms with van der Waals surface area (Å²) in [6, 6.07) is 23.0. The molecular weight excluding hydrogens is 376 g/mol. The molecule has 1 aliphatic rings. The molecule has 150 valence electrons. The Morgan fingerprint density at radius 2 is 1.43 bits per heavy atom. The van der Waals surface area contributed by atoms with Crippen LogP contribution in [0.3, 0.4) is 0 Å². The van der Waals surface area contributed by atoms with Crippen LogP contribution in [0.1, 0.15) is 38.8 Å². The lowest BCUT2D eigenvalue weighted by atomic mass is 9.92. The normalized spacial score (nSPS) is 15.2. The Morgan fingerprint density at radius 1 is 0.800 bits per heavy atom. The smallest absolute Gasteiger partial charge is 0.254 e. The first kappa shape index (κ1) is 19.6. The van der Waals surface area contributed by atoms with Gasteiger partial charge in [-0.05, 0) is 54.4 Å². The molecule has 5 heteroatoms. The van der Waals surface area contributed by atoms with Gasteiger partial charge in [0.05, 0.1) is 0 Å². The van der Waals surface area contributed by atoms with Gasteiger partial charge in [-0.25, -0.2) is 0 Å². The van der Waals surface area contributed by atoms with Gasteiger partial charge in [0.25, 0.3) is 5.91 Å². The predicted octanol–water partition coefficient (Wildman–Crippen LogP) is 4.10. The number of rotatable bonds is 4. The van der Waals surface area contributed by atoms with Crippen LogP contribution in [-0.2, 0) is 17.8 Å². The Morgan fingerprint density at radius 3 is 2.10 bits per heavy atom. The second-order valence-electron chi connectivity index (χ2n) is 7.41. The molecule has 0 saturated heterocycles. The number of carbonyl (C=O) groups excluding carboxylic acids is 3. The van der Waals surface area contributed by atoms with E-state index in [1.165, 1.54) is 6.92 Å². The van der Waals surface area contributed by atoms with Crippen molar-refractivity contribution in [2.24, 2.45) is 0 Å². The van der Waals surface area contributed by atoms with Crippen molar-refractivity contribution in [1.29, 1.82) is 0 Å². The van der Waals surface area contributed by atoms with Gasteiger partial charge in [0.1, 0.15) is 6.04 Å². The molecule has 0 saturated carbocycles. The summed E-state index contributed by atoms with van der Waals surface area (Å²) < 4.78 is 0. The lowest BCUT2D eigenvalue weighted by Crippen LogP contribution is -2.50. The molecule has 2 amide bonds. The molecule has 3 aromatic carbocycles. The van der Waals surface area contributed by atoms with Gasteiger partial charge >= 0.3 is 0 Å². The standard InChI is InChI=1S/C25H22N2O3/c1-17(28)18-11-13-22(14-12-18)26-24(29)23-15-20-9-5-6-10-21(20)16-27(23)25(30)19-7-3-2-4-8-19/h2-14,23H,15-16H2,1H3,(H,26,29)/t23-/m0/s1. The van der Waals surface area contributed by atoms with Gasteiger partial charge in [-0.15, -0.1) is 0 Å². The van der Waals surface area contributed by atoms with Crippen LogP contribution >= 0.6 is 0 Å². The summed E-state index contributed by atoms with van der Waals surface area (Å²) in [5.41, 5.74) is 3.86. The molecule has 1 atom stereocenters. The fraction of sp³-hybridized carbons (Fsp3) is 0.160. The highest BCUT2D eigenvalue weighted by Crippen LogP contribution is 2.26.